The van der Waals surface area contributed by atoms with E-state index in [1.807, 2.05) is 60.7 Å². The quantitative estimate of drug-likeness (QED) is 0.249. The number of fused-ring (bicyclic) bond motifs is 4. The van der Waals surface area contributed by atoms with Gasteiger partial charge in [0.2, 0.25) is 5.95 Å². The predicted molar refractivity (Wildman–Crippen MR) is 157 cm³/mol. The highest BCUT2D eigenvalue weighted by atomic mass is 16.5. The van der Waals surface area contributed by atoms with Crippen molar-refractivity contribution in [1.29, 1.82) is 0 Å². The molecule has 0 bridgehead atoms. The van der Waals surface area contributed by atoms with Gasteiger partial charge in [-0.25, -0.2) is 4.98 Å². The first kappa shape index (κ1) is 23.7. The van der Waals surface area contributed by atoms with Crippen LogP contribution in [0.4, 0.5) is 0 Å². The minimum absolute atomic E-state index is 0.204. The lowest BCUT2D eigenvalue weighted by Crippen LogP contribution is -2.28. The van der Waals surface area contributed by atoms with Crippen LogP contribution in [0.5, 0.6) is 0 Å². The maximum Gasteiger partial charge on any atom is 0.238 e. The Bertz CT molecular complexity index is 1630. The van der Waals surface area contributed by atoms with Crippen LogP contribution in [0.25, 0.3) is 51.3 Å². The van der Waals surface area contributed by atoms with Gasteiger partial charge in [-0.05, 0) is 30.6 Å². The Balaban J connectivity index is 1.50. The van der Waals surface area contributed by atoms with Crippen molar-refractivity contribution in [2.45, 2.75) is 31.8 Å². The molecule has 5 nitrogen and oxygen atoms in total. The number of para-hydroxylation sites is 1. The topological polar surface area (TPSA) is 52.8 Å². The zero-order valence-electron chi connectivity index (χ0n) is 21.8. The Labute approximate surface area is 228 Å². The van der Waals surface area contributed by atoms with Crippen LogP contribution >= 0.6 is 0 Å². The highest BCUT2D eigenvalue weighted by molar-refractivity contribution is 5.98. The van der Waals surface area contributed by atoms with Crippen molar-refractivity contribution in [2.75, 3.05) is 6.61 Å². The van der Waals surface area contributed by atoms with Gasteiger partial charge >= 0.3 is 0 Å². The second-order valence-electron chi connectivity index (χ2n) is 10.3. The Morgan fingerprint density at radius 2 is 1.38 bits per heavy atom. The molecule has 5 heteroatoms. The maximum absolute atomic E-state index is 6.35. The molecule has 3 aromatic carbocycles. The molecule has 0 amide bonds. The van der Waals surface area contributed by atoms with Crippen molar-refractivity contribution in [3.8, 4) is 28.7 Å². The van der Waals surface area contributed by atoms with E-state index in [0.717, 1.165) is 46.1 Å². The van der Waals surface area contributed by atoms with Crippen LogP contribution in [0.3, 0.4) is 0 Å². The van der Waals surface area contributed by atoms with Gasteiger partial charge in [0.05, 0.1) is 23.9 Å². The van der Waals surface area contributed by atoms with Crippen LogP contribution in [-0.2, 0) is 4.74 Å². The number of nitrogens with zero attached hydrogens (tertiary/aromatic N) is 4. The van der Waals surface area contributed by atoms with E-state index in [9.17, 15) is 0 Å². The Morgan fingerprint density at radius 3 is 2.10 bits per heavy atom. The van der Waals surface area contributed by atoms with Crippen LogP contribution in [-0.4, -0.2) is 32.2 Å². The second-order valence-corrected chi connectivity index (χ2v) is 10.3. The molecule has 1 fully saturated rings. The first-order valence-corrected chi connectivity index (χ1v) is 13.8. The van der Waals surface area contributed by atoms with Gasteiger partial charge in [-0.15, -0.1) is 0 Å². The lowest BCUT2D eigenvalue weighted by atomic mass is 9.79. The third-order valence-electron chi connectivity index (χ3n) is 7.95. The van der Waals surface area contributed by atoms with E-state index in [4.69, 9.17) is 26.3 Å². The smallest absolute Gasteiger partial charge is 0.238 e. The zero-order valence-corrected chi connectivity index (χ0v) is 21.8. The van der Waals surface area contributed by atoms with Crippen LogP contribution in [0.1, 0.15) is 36.9 Å². The molecular formula is C34H30N4O. The standard InChI is InChI=1S/C34H30N4O/c1-23-26-17-9-11-21-30(26)39-22-12-20-29-31(23)27-18-8-10-19-28(27)38(29)34-36-32(24-13-4-2-5-14-24)35-33(37-34)25-15-6-3-7-16-25/h2-8,10,12-16,18-20,26,30H,1,9,11,17,21-22H2/b20-12-/t26-,30?/m0/s1. The fourth-order valence-corrected chi connectivity index (χ4v) is 6.09. The Hall–Kier alpha value is -4.35. The van der Waals surface area contributed by atoms with Crippen molar-refractivity contribution in [3.05, 3.63) is 109 Å². The molecule has 2 aromatic heterocycles. The van der Waals surface area contributed by atoms with Crippen molar-refractivity contribution in [1.82, 2.24) is 19.5 Å². The SMILES string of the molecule is C=C1c2c(n(-c3nc(-c4ccccc4)nc(-c4ccccc4)n3)c3ccccc23)/C=C\COC2CCCC[C@@H]12. The van der Waals surface area contributed by atoms with Gasteiger partial charge in [0.1, 0.15) is 0 Å². The molecule has 7 rings (SSSR count). The molecule has 5 aromatic rings. The molecular weight excluding hydrogens is 480 g/mol. The van der Waals surface area contributed by atoms with Crippen molar-refractivity contribution in [3.63, 3.8) is 0 Å². The van der Waals surface area contributed by atoms with Gasteiger partial charge < -0.3 is 4.74 Å². The van der Waals surface area contributed by atoms with Crippen LogP contribution in [0, 0.1) is 5.92 Å². The van der Waals surface area contributed by atoms with Crippen LogP contribution in [0.2, 0.25) is 0 Å². The van der Waals surface area contributed by atoms with Gasteiger partial charge in [0, 0.05) is 28.0 Å². The van der Waals surface area contributed by atoms with Crippen molar-refractivity contribution < 1.29 is 4.74 Å². The van der Waals surface area contributed by atoms with Gasteiger partial charge in [-0.1, -0.05) is 104 Å². The van der Waals surface area contributed by atoms with E-state index >= 15 is 0 Å². The highest BCUT2D eigenvalue weighted by Gasteiger charge is 2.32. The molecule has 2 atom stereocenters. The normalized spacial score (nSPS) is 19.9. The largest absolute Gasteiger partial charge is 0.374 e. The van der Waals surface area contributed by atoms with E-state index in [1.165, 1.54) is 18.4 Å². The zero-order chi connectivity index (χ0) is 26.2. The molecule has 1 saturated carbocycles. The van der Waals surface area contributed by atoms with Crippen LogP contribution < -0.4 is 0 Å². The molecule has 0 radical (unpaired) electrons. The summed E-state index contributed by atoms with van der Waals surface area (Å²) in [6.45, 7) is 5.27. The predicted octanol–water partition coefficient (Wildman–Crippen LogP) is 7.76. The molecule has 1 aliphatic heterocycles. The second kappa shape index (κ2) is 10.1. The van der Waals surface area contributed by atoms with E-state index < -0.39 is 0 Å². The Morgan fingerprint density at radius 1 is 0.744 bits per heavy atom. The first-order chi connectivity index (χ1) is 19.3. The summed E-state index contributed by atoms with van der Waals surface area (Å²) in [5.41, 5.74) is 6.33. The third-order valence-corrected chi connectivity index (χ3v) is 7.95. The lowest BCUT2D eigenvalue weighted by Gasteiger charge is -2.32. The molecule has 39 heavy (non-hydrogen) atoms. The van der Waals surface area contributed by atoms with Crippen LogP contribution in [0.15, 0.2) is 97.6 Å². The molecule has 1 aliphatic carbocycles. The first-order valence-electron chi connectivity index (χ1n) is 13.8. The average Bonchev–Trinajstić information content (AvgIpc) is 3.36. The fourth-order valence-electron chi connectivity index (χ4n) is 6.09. The minimum Gasteiger partial charge on any atom is -0.374 e. The highest BCUT2D eigenvalue weighted by Crippen LogP contribution is 2.43. The summed E-state index contributed by atoms with van der Waals surface area (Å²) >= 11 is 0. The number of hydrogen-bond acceptors (Lipinski definition) is 4. The molecule has 0 saturated heterocycles. The lowest BCUT2D eigenvalue weighted by molar-refractivity contribution is 0.0235. The summed E-state index contributed by atoms with van der Waals surface area (Å²) in [6, 6.07) is 28.7. The number of hydrogen-bond donors (Lipinski definition) is 0. The number of aromatic nitrogens is 4. The molecule has 0 spiro atoms. The van der Waals surface area contributed by atoms with Crippen molar-refractivity contribution in [2.24, 2.45) is 5.92 Å². The third kappa shape index (κ3) is 4.29. The molecule has 2 aliphatic rings. The van der Waals surface area contributed by atoms with Gasteiger partial charge in [-0.2, -0.15) is 9.97 Å². The van der Waals surface area contributed by atoms with E-state index in [1.54, 1.807) is 0 Å². The molecule has 192 valence electrons. The summed E-state index contributed by atoms with van der Waals surface area (Å²) in [5, 5.41) is 1.16. The summed E-state index contributed by atoms with van der Waals surface area (Å²) in [7, 11) is 0. The monoisotopic (exact) mass is 510 g/mol. The average molecular weight is 511 g/mol. The van der Waals surface area contributed by atoms with Gasteiger partial charge in [0.15, 0.2) is 11.6 Å². The van der Waals surface area contributed by atoms with E-state index in [2.05, 4.69) is 41.0 Å². The van der Waals surface area contributed by atoms with Gasteiger partial charge in [-0.3, -0.25) is 4.57 Å². The molecule has 1 unspecified atom stereocenters. The Kier molecular flexibility index (Phi) is 6.14. The number of ether oxygens (including phenoxy) is 1. The summed E-state index contributed by atoms with van der Waals surface area (Å²) in [6.07, 6.45) is 9.09. The minimum atomic E-state index is 0.204. The van der Waals surface area contributed by atoms with Crippen molar-refractivity contribution >= 4 is 22.6 Å². The summed E-state index contributed by atoms with van der Waals surface area (Å²) < 4.78 is 8.53. The maximum atomic E-state index is 6.35. The summed E-state index contributed by atoms with van der Waals surface area (Å²) in [4.78, 5) is 15.0. The van der Waals surface area contributed by atoms with E-state index in [-0.39, 0.29) is 6.10 Å². The summed E-state index contributed by atoms with van der Waals surface area (Å²) in [5.74, 6) is 2.19. The van der Waals surface area contributed by atoms with Gasteiger partial charge in [0.25, 0.3) is 0 Å². The fraction of sp³-hybridized carbons (Fsp3) is 0.206. The number of benzene rings is 3. The number of rotatable bonds is 3. The van der Waals surface area contributed by atoms with E-state index in [0.29, 0.717) is 30.1 Å². The molecule has 0 N–H and O–H groups in total. The molecule has 3 heterocycles.